The van der Waals surface area contributed by atoms with Crippen LogP contribution in [0.15, 0.2) is 17.5 Å². The standard InChI is InChI=1S/C16H27NOS/c1-3-13-6-7-16(18)14(11-13)12-17(2)9-8-15-5-4-10-19-15/h4-5,10,13-14,16,18H,3,6-9,11-12H2,1-2H3. The first-order valence-electron chi connectivity index (χ1n) is 7.58. The van der Waals surface area contributed by atoms with Gasteiger partial charge < -0.3 is 10.0 Å². The van der Waals surface area contributed by atoms with Crippen molar-refractivity contribution < 1.29 is 5.11 Å². The molecule has 1 aromatic heterocycles. The number of hydrogen-bond acceptors (Lipinski definition) is 3. The molecule has 0 spiro atoms. The van der Waals surface area contributed by atoms with E-state index in [-0.39, 0.29) is 6.10 Å². The van der Waals surface area contributed by atoms with E-state index in [1.54, 1.807) is 0 Å². The number of aliphatic hydroxyl groups is 1. The van der Waals surface area contributed by atoms with Gasteiger partial charge in [0.25, 0.3) is 0 Å². The third-order valence-corrected chi connectivity index (χ3v) is 5.43. The monoisotopic (exact) mass is 281 g/mol. The second kappa shape index (κ2) is 7.41. The number of thiophene rings is 1. The largest absolute Gasteiger partial charge is 0.393 e. The van der Waals surface area contributed by atoms with Crippen LogP contribution in [0.2, 0.25) is 0 Å². The number of nitrogens with zero attached hydrogens (tertiary/aromatic N) is 1. The van der Waals surface area contributed by atoms with E-state index in [0.29, 0.717) is 5.92 Å². The van der Waals surface area contributed by atoms with Gasteiger partial charge in [-0.05, 0) is 56.0 Å². The van der Waals surface area contributed by atoms with Gasteiger partial charge in [-0.2, -0.15) is 0 Å². The quantitative estimate of drug-likeness (QED) is 0.864. The molecule has 1 heterocycles. The summed E-state index contributed by atoms with van der Waals surface area (Å²) in [4.78, 5) is 3.86. The number of aliphatic hydroxyl groups excluding tert-OH is 1. The third kappa shape index (κ3) is 4.59. The Labute approximate surface area is 121 Å². The topological polar surface area (TPSA) is 23.5 Å². The Morgan fingerprint density at radius 3 is 2.95 bits per heavy atom. The second-order valence-electron chi connectivity index (χ2n) is 6.01. The Bertz CT molecular complexity index is 352. The molecular formula is C16H27NOS. The molecule has 1 fully saturated rings. The molecule has 3 unspecified atom stereocenters. The first-order valence-corrected chi connectivity index (χ1v) is 8.46. The average Bonchev–Trinajstić information content (AvgIpc) is 2.92. The molecule has 1 aliphatic carbocycles. The minimum Gasteiger partial charge on any atom is -0.393 e. The minimum absolute atomic E-state index is 0.0769. The summed E-state index contributed by atoms with van der Waals surface area (Å²) in [5, 5.41) is 12.3. The number of likely N-dealkylation sites (N-methyl/N-ethyl adjacent to an activating group) is 1. The lowest BCUT2D eigenvalue weighted by Gasteiger charge is -2.35. The summed E-state index contributed by atoms with van der Waals surface area (Å²) in [6.45, 7) is 4.42. The van der Waals surface area contributed by atoms with Crippen LogP contribution in [0.1, 0.15) is 37.5 Å². The zero-order chi connectivity index (χ0) is 13.7. The summed E-state index contributed by atoms with van der Waals surface area (Å²) >= 11 is 1.84. The van der Waals surface area contributed by atoms with Crippen molar-refractivity contribution in [2.45, 2.75) is 45.1 Å². The van der Waals surface area contributed by atoms with Gasteiger partial charge in [-0.25, -0.2) is 0 Å². The van der Waals surface area contributed by atoms with E-state index < -0.39 is 0 Å². The second-order valence-corrected chi connectivity index (χ2v) is 7.04. The van der Waals surface area contributed by atoms with Crippen molar-refractivity contribution in [3.63, 3.8) is 0 Å². The fraction of sp³-hybridized carbons (Fsp3) is 0.750. The van der Waals surface area contributed by atoms with E-state index in [1.807, 2.05) is 11.3 Å². The summed E-state index contributed by atoms with van der Waals surface area (Å²) in [6.07, 6.45) is 5.75. The molecule has 2 rings (SSSR count). The molecule has 1 saturated carbocycles. The maximum Gasteiger partial charge on any atom is 0.0580 e. The van der Waals surface area contributed by atoms with Crippen LogP contribution in [-0.4, -0.2) is 36.2 Å². The number of hydrogen-bond donors (Lipinski definition) is 1. The van der Waals surface area contributed by atoms with E-state index >= 15 is 0 Å². The van der Waals surface area contributed by atoms with Crippen molar-refractivity contribution in [3.05, 3.63) is 22.4 Å². The van der Waals surface area contributed by atoms with Crippen LogP contribution in [0.5, 0.6) is 0 Å². The van der Waals surface area contributed by atoms with E-state index in [0.717, 1.165) is 31.8 Å². The van der Waals surface area contributed by atoms with Crippen molar-refractivity contribution in [2.75, 3.05) is 20.1 Å². The van der Waals surface area contributed by atoms with Gasteiger partial charge >= 0.3 is 0 Å². The van der Waals surface area contributed by atoms with Crippen LogP contribution in [0.3, 0.4) is 0 Å². The smallest absolute Gasteiger partial charge is 0.0580 e. The molecule has 108 valence electrons. The van der Waals surface area contributed by atoms with Crippen molar-refractivity contribution in [1.29, 1.82) is 0 Å². The van der Waals surface area contributed by atoms with E-state index in [2.05, 4.69) is 36.4 Å². The molecule has 19 heavy (non-hydrogen) atoms. The highest BCUT2D eigenvalue weighted by Crippen LogP contribution is 2.31. The molecule has 1 aromatic rings. The predicted octanol–water partition coefficient (Wildman–Crippen LogP) is 3.41. The predicted molar refractivity (Wildman–Crippen MR) is 82.6 cm³/mol. The fourth-order valence-electron chi connectivity index (χ4n) is 3.16. The van der Waals surface area contributed by atoms with Crippen molar-refractivity contribution in [2.24, 2.45) is 11.8 Å². The van der Waals surface area contributed by atoms with E-state index in [1.165, 1.54) is 24.1 Å². The first-order chi connectivity index (χ1) is 9.19. The fourth-order valence-corrected chi connectivity index (χ4v) is 3.86. The van der Waals surface area contributed by atoms with Gasteiger partial charge in [-0.15, -0.1) is 11.3 Å². The summed E-state index contributed by atoms with van der Waals surface area (Å²) in [7, 11) is 2.19. The van der Waals surface area contributed by atoms with Gasteiger partial charge in [0.1, 0.15) is 0 Å². The average molecular weight is 281 g/mol. The van der Waals surface area contributed by atoms with Crippen molar-refractivity contribution in [1.82, 2.24) is 4.90 Å². The van der Waals surface area contributed by atoms with Gasteiger partial charge in [0.15, 0.2) is 0 Å². The highest BCUT2D eigenvalue weighted by molar-refractivity contribution is 7.09. The third-order valence-electron chi connectivity index (χ3n) is 4.49. The SMILES string of the molecule is CCC1CCC(O)C(CN(C)CCc2cccs2)C1. The van der Waals surface area contributed by atoms with Crippen molar-refractivity contribution >= 4 is 11.3 Å². The zero-order valence-electron chi connectivity index (χ0n) is 12.2. The van der Waals surface area contributed by atoms with Crippen LogP contribution < -0.4 is 0 Å². The molecule has 0 radical (unpaired) electrons. The van der Waals surface area contributed by atoms with Crippen LogP contribution in [0.25, 0.3) is 0 Å². The molecule has 3 atom stereocenters. The Hall–Kier alpha value is -0.380. The molecule has 3 heteroatoms. The lowest BCUT2D eigenvalue weighted by atomic mass is 9.78. The lowest BCUT2D eigenvalue weighted by Crippen LogP contribution is -2.38. The Kier molecular flexibility index (Phi) is 5.86. The summed E-state index contributed by atoms with van der Waals surface area (Å²) in [5.74, 6) is 1.31. The molecular weight excluding hydrogens is 254 g/mol. The van der Waals surface area contributed by atoms with Gasteiger partial charge in [0.2, 0.25) is 0 Å². The lowest BCUT2D eigenvalue weighted by molar-refractivity contribution is 0.0311. The highest BCUT2D eigenvalue weighted by Gasteiger charge is 2.28. The van der Waals surface area contributed by atoms with Crippen LogP contribution in [0, 0.1) is 11.8 Å². The van der Waals surface area contributed by atoms with Crippen LogP contribution in [-0.2, 0) is 6.42 Å². The van der Waals surface area contributed by atoms with E-state index in [4.69, 9.17) is 0 Å². The molecule has 1 N–H and O–H groups in total. The normalized spacial score (nSPS) is 27.9. The maximum atomic E-state index is 10.2. The maximum absolute atomic E-state index is 10.2. The minimum atomic E-state index is -0.0769. The van der Waals surface area contributed by atoms with Crippen LogP contribution in [0.4, 0.5) is 0 Å². The molecule has 0 aromatic carbocycles. The molecule has 1 aliphatic rings. The Balaban J connectivity index is 1.75. The summed E-state index contributed by atoms with van der Waals surface area (Å²) in [6, 6.07) is 4.33. The first kappa shape index (κ1) is 15.0. The summed E-state index contributed by atoms with van der Waals surface area (Å²) < 4.78 is 0. The Morgan fingerprint density at radius 1 is 1.42 bits per heavy atom. The molecule has 0 saturated heterocycles. The highest BCUT2D eigenvalue weighted by atomic mass is 32.1. The van der Waals surface area contributed by atoms with Gasteiger partial charge in [0.05, 0.1) is 6.10 Å². The summed E-state index contributed by atoms with van der Waals surface area (Å²) in [5.41, 5.74) is 0. The Morgan fingerprint density at radius 2 is 2.26 bits per heavy atom. The van der Waals surface area contributed by atoms with Crippen LogP contribution >= 0.6 is 11.3 Å². The van der Waals surface area contributed by atoms with Gasteiger partial charge in [0, 0.05) is 18.0 Å². The van der Waals surface area contributed by atoms with Gasteiger partial charge in [-0.1, -0.05) is 19.4 Å². The van der Waals surface area contributed by atoms with E-state index in [9.17, 15) is 5.11 Å². The molecule has 0 bridgehead atoms. The zero-order valence-corrected chi connectivity index (χ0v) is 13.0. The molecule has 2 nitrogen and oxygen atoms in total. The molecule has 0 aliphatic heterocycles. The number of rotatable bonds is 6. The van der Waals surface area contributed by atoms with Crippen molar-refractivity contribution in [3.8, 4) is 0 Å². The molecule has 0 amide bonds. The van der Waals surface area contributed by atoms with Gasteiger partial charge in [-0.3, -0.25) is 0 Å².